The molecule has 3 N–H and O–H groups in total. The lowest BCUT2D eigenvalue weighted by molar-refractivity contribution is -0.121. The second kappa shape index (κ2) is 11.4. The Bertz CT molecular complexity index is 1220. The van der Waals surface area contributed by atoms with Crippen LogP contribution >= 0.6 is 11.8 Å². The number of aromatic nitrogens is 3. The van der Waals surface area contributed by atoms with Crippen LogP contribution in [0.2, 0.25) is 0 Å². The molecule has 2 heterocycles. The minimum atomic E-state index is 0.278. The Morgan fingerprint density at radius 2 is 1.92 bits per heavy atom. The van der Waals surface area contributed by atoms with Crippen LogP contribution in [-0.2, 0) is 11.3 Å². The summed E-state index contributed by atoms with van der Waals surface area (Å²) in [5.41, 5.74) is 1.86. The number of hydrogen-bond donors (Lipinski definition) is 3. The summed E-state index contributed by atoms with van der Waals surface area (Å²) < 4.78 is 0. The first kappa shape index (κ1) is 26.5. The summed E-state index contributed by atoms with van der Waals surface area (Å²) in [4.78, 5) is 25.2. The van der Waals surface area contributed by atoms with Crippen LogP contribution in [0.25, 0.3) is 0 Å². The maximum atomic E-state index is 11.6. The number of ketones is 1. The molecule has 2 aromatic rings. The highest BCUT2D eigenvalue weighted by molar-refractivity contribution is 7.98. The number of carbonyl (C=O) groups is 1. The first-order valence-electron chi connectivity index (χ1n) is 14.5. The zero-order chi connectivity index (χ0) is 26.8. The molecular weight excluding hydrogens is 506 g/mol. The highest BCUT2D eigenvalue weighted by atomic mass is 32.2. The molecule has 39 heavy (non-hydrogen) atoms. The van der Waals surface area contributed by atoms with Gasteiger partial charge in [-0.05, 0) is 92.9 Å². The van der Waals surface area contributed by atoms with Gasteiger partial charge in [0.2, 0.25) is 5.95 Å². The molecule has 0 amide bonds. The van der Waals surface area contributed by atoms with E-state index in [1.807, 2.05) is 12.3 Å². The minimum Gasteiger partial charge on any atom is -0.368 e. The van der Waals surface area contributed by atoms with Crippen LogP contribution in [0.5, 0.6) is 0 Å². The van der Waals surface area contributed by atoms with Crippen molar-refractivity contribution >= 4 is 29.3 Å². The Kier molecular flexibility index (Phi) is 7.77. The van der Waals surface area contributed by atoms with E-state index in [1.54, 1.807) is 24.2 Å². The zero-order valence-electron chi connectivity index (χ0n) is 22.8. The number of Topliss-reactive ketones (excluding diaryl/α,β-unsaturated/α-hetero) is 1. The molecule has 2 aromatic heterocycles. The van der Waals surface area contributed by atoms with E-state index in [-0.39, 0.29) is 5.41 Å². The molecular formula is C30H39N7OS. The number of thioether (sulfide) groups is 1. The molecule has 5 aliphatic carbocycles. The fourth-order valence-corrected chi connectivity index (χ4v) is 8.69. The zero-order valence-corrected chi connectivity index (χ0v) is 23.6. The van der Waals surface area contributed by atoms with Crippen LogP contribution < -0.4 is 16.0 Å². The first-order chi connectivity index (χ1) is 19.0. The molecule has 5 atom stereocenters. The van der Waals surface area contributed by atoms with Gasteiger partial charge in [-0.3, -0.25) is 4.79 Å². The van der Waals surface area contributed by atoms with Crippen molar-refractivity contribution in [1.29, 1.82) is 5.26 Å². The van der Waals surface area contributed by atoms with Crippen molar-refractivity contribution in [2.75, 3.05) is 30.0 Å². The summed E-state index contributed by atoms with van der Waals surface area (Å²) in [7, 11) is 0. The first-order valence-corrected chi connectivity index (χ1v) is 15.7. The number of pyridine rings is 1. The molecule has 5 fully saturated rings. The molecule has 5 saturated carbocycles. The van der Waals surface area contributed by atoms with Crippen molar-refractivity contribution in [2.45, 2.75) is 75.4 Å². The van der Waals surface area contributed by atoms with E-state index in [0.29, 0.717) is 41.6 Å². The Hall–Kier alpha value is -2.70. The lowest BCUT2D eigenvalue weighted by atomic mass is 9.48. The predicted molar refractivity (Wildman–Crippen MR) is 153 cm³/mol. The lowest BCUT2D eigenvalue weighted by Gasteiger charge is -2.60. The topological polar surface area (TPSA) is 116 Å². The molecule has 206 valence electrons. The third kappa shape index (κ3) is 5.78. The lowest BCUT2D eigenvalue weighted by Crippen LogP contribution is -2.60. The molecule has 0 aliphatic heterocycles. The average Bonchev–Trinajstić information content (AvgIpc) is 2.95. The standard InChI is InChI=1S/C30H39N7OS/c1-39-28-21(3-2-8-32-28)16-34-29-35-17-24(14-31)27(37-29)36-18-30-11-20-9-22(12-30)26(23(10-20)13-30)33-15-19-4-6-25(38)7-5-19/h2-3,8,17,19-20,22-23,26,33H,4-7,9-13,15-16,18H2,1H3,(H2,34,35,36,37)/t20?,22-,23+,26+,30-. The summed E-state index contributed by atoms with van der Waals surface area (Å²) in [5, 5.41) is 21.6. The van der Waals surface area contributed by atoms with E-state index < -0.39 is 0 Å². The van der Waals surface area contributed by atoms with E-state index >= 15 is 0 Å². The molecule has 0 spiro atoms. The normalized spacial score (nSPS) is 29.8. The van der Waals surface area contributed by atoms with E-state index in [0.717, 1.165) is 67.1 Å². The van der Waals surface area contributed by atoms with E-state index in [2.05, 4.69) is 38.1 Å². The molecule has 0 saturated heterocycles. The second-order valence-corrected chi connectivity index (χ2v) is 13.1. The number of rotatable bonds is 10. The van der Waals surface area contributed by atoms with Gasteiger partial charge in [-0.25, -0.2) is 9.97 Å². The van der Waals surface area contributed by atoms with Gasteiger partial charge in [0.25, 0.3) is 0 Å². The third-order valence-corrected chi connectivity index (χ3v) is 10.5. The van der Waals surface area contributed by atoms with Crippen LogP contribution in [-0.4, -0.2) is 46.1 Å². The highest BCUT2D eigenvalue weighted by Crippen LogP contribution is 2.60. The Morgan fingerprint density at radius 3 is 2.67 bits per heavy atom. The van der Waals surface area contributed by atoms with Crippen molar-refractivity contribution < 1.29 is 4.79 Å². The maximum Gasteiger partial charge on any atom is 0.224 e. The van der Waals surface area contributed by atoms with Crippen LogP contribution in [0.4, 0.5) is 11.8 Å². The Labute approximate surface area is 235 Å². The average molecular weight is 546 g/mol. The summed E-state index contributed by atoms with van der Waals surface area (Å²) in [6.45, 7) is 2.51. The third-order valence-electron chi connectivity index (χ3n) is 9.73. The summed E-state index contributed by atoms with van der Waals surface area (Å²) in [5.74, 6) is 4.52. The van der Waals surface area contributed by atoms with Crippen molar-refractivity contribution in [3.05, 3.63) is 35.7 Å². The van der Waals surface area contributed by atoms with Gasteiger partial charge in [0.1, 0.15) is 28.3 Å². The van der Waals surface area contributed by atoms with Crippen LogP contribution in [0.15, 0.2) is 29.6 Å². The van der Waals surface area contributed by atoms with E-state index in [9.17, 15) is 10.1 Å². The summed E-state index contributed by atoms with van der Waals surface area (Å²) >= 11 is 1.62. The number of anilines is 2. The number of nitrogens with one attached hydrogen (secondary N) is 3. The molecule has 7 rings (SSSR count). The minimum absolute atomic E-state index is 0.278. The SMILES string of the molecule is CSc1ncccc1CNc1ncc(C#N)c(NC[C@]23CC4C[C@H](C2)[C@H](NCC2CCC(=O)CC2)[C@@H](C4)C3)n1. The molecule has 8 nitrogen and oxygen atoms in total. The number of nitrogens with zero attached hydrogens (tertiary/aromatic N) is 4. The molecule has 1 unspecified atom stereocenters. The van der Waals surface area contributed by atoms with E-state index in [1.165, 1.54) is 32.1 Å². The maximum absolute atomic E-state index is 11.6. The van der Waals surface area contributed by atoms with Gasteiger partial charge in [-0.1, -0.05) is 6.07 Å². The fourth-order valence-electron chi connectivity index (χ4n) is 8.12. The Morgan fingerprint density at radius 1 is 1.13 bits per heavy atom. The largest absolute Gasteiger partial charge is 0.368 e. The van der Waals surface area contributed by atoms with Gasteiger partial charge in [-0.2, -0.15) is 10.2 Å². The van der Waals surface area contributed by atoms with Gasteiger partial charge < -0.3 is 16.0 Å². The van der Waals surface area contributed by atoms with Gasteiger partial charge in [-0.15, -0.1) is 11.8 Å². The van der Waals surface area contributed by atoms with Gasteiger partial charge in [0, 0.05) is 43.7 Å². The smallest absolute Gasteiger partial charge is 0.224 e. The van der Waals surface area contributed by atoms with Crippen molar-refractivity contribution in [2.24, 2.45) is 29.1 Å². The highest BCUT2D eigenvalue weighted by Gasteiger charge is 2.55. The van der Waals surface area contributed by atoms with Gasteiger partial charge in [0.05, 0.1) is 6.20 Å². The van der Waals surface area contributed by atoms with Crippen LogP contribution in [0.3, 0.4) is 0 Å². The van der Waals surface area contributed by atoms with Crippen LogP contribution in [0.1, 0.15) is 68.9 Å². The molecule has 4 bridgehead atoms. The van der Waals surface area contributed by atoms with Crippen molar-refractivity contribution in [1.82, 2.24) is 20.3 Å². The Balaban J connectivity index is 1.08. The summed E-state index contributed by atoms with van der Waals surface area (Å²) in [6, 6.07) is 6.89. The summed E-state index contributed by atoms with van der Waals surface area (Å²) in [6.07, 6.45) is 15.6. The fraction of sp³-hybridized carbons (Fsp3) is 0.633. The second-order valence-electron chi connectivity index (χ2n) is 12.3. The number of hydrogen-bond acceptors (Lipinski definition) is 9. The van der Waals surface area contributed by atoms with Crippen LogP contribution in [0, 0.1) is 40.4 Å². The molecule has 5 aliphatic rings. The van der Waals surface area contributed by atoms with Crippen molar-refractivity contribution in [3.63, 3.8) is 0 Å². The predicted octanol–water partition coefficient (Wildman–Crippen LogP) is 5.03. The number of carbonyl (C=O) groups excluding carboxylic acids is 1. The molecule has 0 radical (unpaired) electrons. The molecule has 9 heteroatoms. The van der Waals surface area contributed by atoms with Gasteiger partial charge in [0.15, 0.2) is 0 Å². The van der Waals surface area contributed by atoms with Gasteiger partial charge >= 0.3 is 0 Å². The molecule has 0 aromatic carbocycles. The van der Waals surface area contributed by atoms with Crippen molar-refractivity contribution in [3.8, 4) is 6.07 Å². The quantitative estimate of drug-likeness (QED) is 0.353. The monoisotopic (exact) mass is 545 g/mol. The van der Waals surface area contributed by atoms with E-state index in [4.69, 9.17) is 4.98 Å². The number of nitriles is 1.